The van der Waals surface area contributed by atoms with E-state index >= 15 is 0 Å². The molecule has 10 heteroatoms. The summed E-state index contributed by atoms with van der Waals surface area (Å²) in [5.74, 6) is 0. The molecule has 1 N–H and O–H groups in total. The predicted molar refractivity (Wildman–Crippen MR) is 119 cm³/mol. The van der Waals surface area contributed by atoms with Crippen LogP contribution in [0.25, 0.3) is 11.1 Å². The van der Waals surface area contributed by atoms with Crippen LogP contribution in [0, 0.1) is 0 Å². The maximum atomic E-state index is 12.6. The fourth-order valence-corrected chi connectivity index (χ4v) is 3.41. The Labute approximate surface area is 185 Å². The zero-order valence-electron chi connectivity index (χ0n) is 19.0. The van der Waals surface area contributed by atoms with Crippen LogP contribution >= 0.6 is 0 Å². The smallest absolute Gasteiger partial charge is 0.410 e. The number of aryl methyl sites for hydroxylation is 1. The second kappa shape index (κ2) is 9.97. The lowest BCUT2D eigenvalue weighted by molar-refractivity contribution is 0.0248. The second-order valence-electron chi connectivity index (χ2n) is 8.82. The molecular formula is C22H30N4O6. The number of fused-ring (bicyclic) bond motifs is 1. The van der Waals surface area contributed by atoms with Crippen LogP contribution in [0.1, 0.15) is 65.4 Å². The van der Waals surface area contributed by atoms with Crippen LogP contribution < -0.4 is 16.0 Å². The summed E-state index contributed by atoms with van der Waals surface area (Å²) in [5, 5.41) is 4.32. The number of amides is 1. The average molecular weight is 447 g/mol. The number of H-pyrrole nitrogens is 1. The molecule has 3 heterocycles. The van der Waals surface area contributed by atoms with Gasteiger partial charge in [0.1, 0.15) is 11.0 Å². The molecular weight excluding hydrogens is 416 g/mol. The molecule has 32 heavy (non-hydrogen) atoms. The number of rotatable bonds is 6. The van der Waals surface area contributed by atoms with Crippen LogP contribution in [0.2, 0.25) is 0 Å². The summed E-state index contributed by atoms with van der Waals surface area (Å²) in [6, 6.07) is 1.19. The molecule has 3 rings (SSSR count). The number of hydrogen-bond acceptors (Lipinski definition) is 8. The normalized spacial score (nSPS) is 14.5. The number of nitrogens with one attached hydrogen (secondary N) is 1. The van der Waals surface area contributed by atoms with Gasteiger partial charge in [0.15, 0.2) is 0 Å². The number of nitrogens with zero attached hydrogens (tertiary/aromatic N) is 3. The molecule has 2 aromatic rings. The summed E-state index contributed by atoms with van der Waals surface area (Å²) in [7, 11) is 0. The molecule has 1 aliphatic rings. The lowest BCUT2D eigenvalue weighted by Crippen LogP contribution is -2.42. The number of oxime groups is 1. The second-order valence-corrected chi connectivity index (χ2v) is 8.82. The van der Waals surface area contributed by atoms with Crippen LogP contribution in [0.5, 0.6) is 6.01 Å². The van der Waals surface area contributed by atoms with Gasteiger partial charge in [-0.1, -0.05) is 24.9 Å². The van der Waals surface area contributed by atoms with Gasteiger partial charge in [-0.25, -0.2) is 9.59 Å². The van der Waals surface area contributed by atoms with Crippen molar-refractivity contribution in [3.8, 4) is 6.01 Å². The van der Waals surface area contributed by atoms with Crippen molar-refractivity contribution in [2.24, 2.45) is 5.16 Å². The molecule has 0 atom stereocenters. The maximum Gasteiger partial charge on any atom is 0.410 e. The summed E-state index contributed by atoms with van der Waals surface area (Å²) >= 11 is 0. The van der Waals surface area contributed by atoms with Crippen molar-refractivity contribution in [2.75, 3.05) is 13.1 Å². The number of likely N-dealkylation sites (tertiary alicyclic amines) is 1. The monoisotopic (exact) mass is 446 g/mol. The van der Waals surface area contributed by atoms with Gasteiger partial charge in [-0.15, -0.1) is 0 Å². The molecule has 0 bridgehead atoms. The number of carbonyl (C=O) groups excluding carboxylic acids is 1. The number of aromatic amines is 1. The summed E-state index contributed by atoms with van der Waals surface area (Å²) in [6.45, 7) is 8.46. The zero-order valence-corrected chi connectivity index (χ0v) is 19.0. The Hall–Kier alpha value is -3.17. The number of ether oxygens (including phenoxy) is 1. The Kier molecular flexibility index (Phi) is 7.32. The van der Waals surface area contributed by atoms with Gasteiger partial charge in [0.2, 0.25) is 5.71 Å². The molecule has 0 saturated carbocycles. The van der Waals surface area contributed by atoms with Crippen molar-refractivity contribution in [2.45, 2.75) is 71.8 Å². The molecule has 0 aliphatic carbocycles. The minimum absolute atomic E-state index is 0.0670. The van der Waals surface area contributed by atoms with Crippen LogP contribution in [-0.2, 0) is 11.2 Å². The van der Waals surface area contributed by atoms with E-state index in [0.717, 1.165) is 25.0 Å². The van der Waals surface area contributed by atoms with Gasteiger partial charge in [-0.2, -0.15) is 4.98 Å². The van der Waals surface area contributed by atoms with Gasteiger partial charge in [-0.05, 0) is 39.2 Å². The number of unbranched alkanes of at least 4 members (excludes halogenated alkanes) is 2. The molecule has 2 aromatic heterocycles. The van der Waals surface area contributed by atoms with Gasteiger partial charge in [0, 0.05) is 32.0 Å². The first-order chi connectivity index (χ1) is 15.2. The van der Waals surface area contributed by atoms with Crippen LogP contribution in [0.15, 0.2) is 25.2 Å². The highest BCUT2D eigenvalue weighted by Gasteiger charge is 2.25. The van der Waals surface area contributed by atoms with Crippen LogP contribution in [-0.4, -0.2) is 45.4 Å². The Morgan fingerprint density at radius 2 is 1.97 bits per heavy atom. The van der Waals surface area contributed by atoms with E-state index in [0.29, 0.717) is 37.9 Å². The largest absolute Gasteiger partial charge is 0.444 e. The lowest BCUT2D eigenvalue weighted by atomic mass is 10.1. The third-order valence-electron chi connectivity index (χ3n) is 4.98. The highest BCUT2D eigenvalue weighted by Crippen LogP contribution is 2.17. The maximum absolute atomic E-state index is 12.6. The molecule has 1 saturated heterocycles. The van der Waals surface area contributed by atoms with E-state index in [1.54, 1.807) is 4.90 Å². The summed E-state index contributed by atoms with van der Waals surface area (Å²) in [5.41, 5.74) is -0.280. The van der Waals surface area contributed by atoms with E-state index in [-0.39, 0.29) is 23.2 Å². The van der Waals surface area contributed by atoms with Crippen molar-refractivity contribution in [1.82, 2.24) is 14.9 Å². The number of aromatic nitrogens is 2. The van der Waals surface area contributed by atoms with Gasteiger partial charge >= 0.3 is 17.7 Å². The number of piperidine rings is 1. The van der Waals surface area contributed by atoms with Crippen molar-refractivity contribution in [1.29, 1.82) is 0 Å². The molecule has 1 amide bonds. The fourth-order valence-electron chi connectivity index (χ4n) is 3.41. The zero-order chi connectivity index (χ0) is 23.3. The van der Waals surface area contributed by atoms with Crippen molar-refractivity contribution >= 4 is 22.9 Å². The summed E-state index contributed by atoms with van der Waals surface area (Å²) < 4.78 is 10.5. The first-order valence-electron chi connectivity index (χ1n) is 10.9. The van der Waals surface area contributed by atoms with Gasteiger partial charge in [0.25, 0.3) is 5.56 Å². The Morgan fingerprint density at radius 3 is 2.62 bits per heavy atom. The third-order valence-corrected chi connectivity index (χ3v) is 4.98. The van der Waals surface area contributed by atoms with E-state index < -0.39 is 16.8 Å². The number of carbonyl (C=O) groups is 1. The first kappa shape index (κ1) is 23.5. The van der Waals surface area contributed by atoms with Crippen LogP contribution in [0.4, 0.5) is 4.79 Å². The van der Waals surface area contributed by atoms with E-state index in [1.807, 2.05) is 20.8 Å². The van der Waals surface area contributed by atoms with Crippen molar-refractivity contribution in [3.05, 3.63) is 32.4 Å². The molecule has 0 spiro atoms. The minimum atomic E-state index is -0.561. The Balaban J connectivity index is 1.69. The van der Waals surface area contributed by atoms with Gasteiger partial charge in [0.05, 0.1) is 5.71 Å². The third kappa shape index (κ3) is 6.18. The first-order valence-corrected chi connectivity index (χ1v) is 10.9. The number of hydrogen-bond donors (Lipinski definition) is 1. The molecule has 10 nitrogen and oxygen atoms in total. The Bertz CT molecular complexity index is 1100. The van der Waals surface area contributed by atoms with Gasteiger partial charge in [-0.3, -0.25) is 9.78 Å². The standard InChI is InChI=1S/C22H30N4O6/c1-5-6-7-8-14-13-16(27)30-19-17(14)18(28)23-20(24-19)32-25-15-9-11-26(12-10-15)21(29)31-22(2,3)4/h13H,5-12H2,1-4H3,(H,23,24,28). The van der Waals surface area contributed by atoms with E-state index in [1.165, 1.54) is 6.07 Å². The van der Waals surface area contributed by atoms with E-state index in [4.69, 9.17) is 14.0 Å². The predicted octanol–water partition coefficient (Wildman–Crippen LogP) is 3.37. The molecule has 174 valence electrons. The summed E-state index contributed by atoms with van der Waals surface area (Å²) in [4.78, 5) is 50.3. The molecule has 1 fully saturated rings. The van der Waals surface area contributed by atoms with Crippen LogP contribution in [0.3, 0.4) is 0 Å². The lowest BCUT2D eigenvalue weighted by Gasteiger charge is -2.30. The average Bonchev–Trinajstić information content (AvgIpc) is 2.71. The van der Waals surface area contributed by atoms with Crippen molar-refractivity contribution in [3.63, 3.8) is 0 Å². The molecule has 1 aliphatic heterocycles. The molecule has 0 aromatic carbocycles. The van der Waals surface area contributed by atoms with E-state index in [9.17, 15) is 14.4 Å². The highest BCUT2D eigenvalue weighted by atomic mass is 16.6. The van der Waals surface area contributed by atoms with Gasteiger partial charge < -0.3 is 18.9 Å². The van der Waals surface area contributed by atoms with Crippen molar-refractivity contribution < 1.29 is 18.8 Å². The fraction of sp³-hybridized carbons (Fsp3) is 0.591. The summed E-state index contributed by atoms with van der Waals surface area (Å²) in [6.07, 6.45) is 4.14. The quantitative estimate of drug-likeness (QED) is 0.532. The minimum Gasteiger partial charge on any atom is -0.444 e. The topological polar surface area (TPSA) is 127 Å². The van der Waals surface area contributed by atoms with E-state index in [2.05, 4.69) is 22.0 Å². The molecule has 0 unspecified atom stereocenters. The highest BCUT2D eigenvalue weighted by molar-refractivity contribution is 5.86. The Morgan fingerprint density at radius 1 is 1.25 bits per heavy atom. The molecule has 0 radical (unpaired) electrons. The SMILES string of the molecule is CCCCCc1cc(=O)oc2nc(ON=C3CCN(C(=O)OC(C)(C)C)CC3)[nH]c(=O)c12.